The highest BCUT2D eigenvalue weighted by molar-refractivity contribution is 5.01. The van der Waals surface area contributed by atoms with Crippen molar-refractivity contribution < 1.29 is 5.11 Å². The van der Waals surface area contributed by atoms with E-state index < -0.39 is 11.1 Å². The molecule has 1 aliphatic heterocycles. The maximum Gasteiger partial charge on any atom is 0.0836 e. The molecule has 1 rings (SSSR count). The predicted octanol–water partition coefficient (Wildman–Crippen LogP) is 1.35. The quantitative estimate of drug-likeness (QED) is 0.745. The van der Waals surface area contributed by atoms with Crippen LogP contribution in [0.2, 0.25) is 0 Å². The molecule has 0 aromatic carbocycles. The van der Waals surface area contributed by atoms with Crippen LogP contribution in [0.1, 0.15) is 46.0 Å². The Bertz CT molecular complexity index is 206. The summed E-state index contributed by atoms with van der Waals surface area (Å²) in [4.78, 5) is 2.28. The molecule has 0 amide bonds. The third-order valence-electron chi connectivity index (χ3n) is 3.87. The van der Waals surface area contributed by atoms with E-state index in [0.29, 0.717) is 0 Å². The van der Waals surface area contributed by atoms with Crippen molar-refractivity contribution in [3.63, 3.8) is 0 Å². The molecule has 1 heterocycles. The minimum absolute atomic E-state index is 0.438. The monoisotopic (exact) mass is 214 g/mol. The van der Waals surface area contributed by atoms with Gasteiger partial charge in [0, 0.05) is 12.1 Å². The molecule has 0 saturated carbocycles. The second kappa shape index (κ2) is 4.81. The van der Waals surface area contributed by atoms with Crippen molar-refractivity contribution in [2.45, 2.75) is 57.1 Å². The van der Waals surface area contributed by atoms with Gasteiger partial charge in [-0.2, -0.15) is 0 Å². The van der Waals surface area contributed by atoms with Crippen molar-refractivity contribution in [2.24, 2.45) is 5.73 Å². The molecule has 3 nitrogen and oxygen atoms in total. The summed E-state index contributed by atoms with van der Waals surface area (Å²) in [5.74, 6) is 0. The highest BCUT2D eigenvalue weighted by atomic mass is 16.3. The van der Waals surface area contributed by atoms with Crippen LogP contribution in [0.3, 0.4) is 0 Å². The molecule has 3 N–H and O–H groups in total. The fourth-order valence-electron chi connectivity index (χ4n) is 2.58. The van der Waals surface area contributed by atoms with Gasteiger partial charge in [-0.1, -0.05) is 13.3 Å². The molecule has 0 radical (unpaired) electrons. The van der Waals surface area contributed by atoms with E-state index in [1.807, 2.05) is 6.92 Å². The first-order valence-electron chi connectivity index (χ1n) is 6.11. The first-order chi connectivity index (χ1) is 6.91. The number of nitrogens with zero attached hydrogens (tertiary/aromatic N) is 1. The molecule has 1 fully saturated rings. The van der Waals surface area contributed by atoms with Crippen LogP contribution in [-0.4, -0.2) is 41.3 Å². The van der Waals surface area contributed by atoms with Gasteiger partial charge in [-0.25, -0.2) is 0 Å². The van der Waals surface area contributed by atoms with Crippen molar-refractivity contribution in [2.75, 3.05) is 20.1 Å². The van der Waals surface area contributed by atoms with Crippen molar-refractivity contribution >= 4 is 0 Å². The van der Waals surface area contributed by atoms with E-state index in [4.69, 9.17) is 5.73 Å². The first-order valence-corrected chi connectivity index (χ1v) is 6.11. The summed E-state index contributed by atoms with van der Waals surface area (Å²) in [5.41, 5.74) is 5.17. The fourth-order valence-corrected chi connectivity index (χ4v) is 2.58. The van der Waals surface area contributed by atoms with E-state index >= 15 is 0 Å². The summed E-state index contributed by atoms with van der Waals surface area (Å²) in [7, 11) is 2.11. The summed E-state index contributed by atoms with van der Waals surface area (Å²) in [6, 6.07) is 0. The third kappa shape index (κ3) is 2.92. The molecule has 0 bridgehead atoms. The zero-order valence-electron chi connectivity index (χ0n) is 10.4. The molecule has 1 saturated heterocycles. The highest BCUT2D eigenvalue weighted by Gasteiger charge is 2.43. The predicted molar refractivity (Wildman–Crippen MR) is 63.8 cm³/mol. The van der Waals surface area contributed by atoms with Gasteiger partial charge in [-0.05, 0) is 46.2 Å². The van der Waals surface area contributed by atoms with Gasteiger partial charge >= 0.3 is 0 Å². The minimum atomic E-state index is -0.673. The normalized spacial score (nSPS) is 33.4. The summed E-state index contributed by atoms with van der Waals surface area (Å²) in [6.07, 6.45) is 4.61. The van der Waals surface area contributed by atoms with Crippen LogP contribution in [0.15, 0.2) is 0 Å². The molecule has 2 atom stereocenters. The summed E-state index contributed by atoms with van der Waals surface area (Å²) < 4.78 is 0. The lowest BCUT2D eigenvalue weighted by atomic mass is 9.74. The summed E-state index contributed by atoms with van der Waals surface area (Å²) in [5, 5.41) is 10.7. The number of hydrogen-bond acceptors (Lipinski definition) is 3. The van der Waals surface area contributed by atoms with Crippen LogP contribution in [-0.2, 0) is 0 Å². The Morgan fingerprint density at radius 2 is 2.07 bits per heavy atom. The molecular formula is C12H26N2O. The third-order valence-corrected chi connectivity index (χ3v) is 3.87. The average Bonchev–Trinajstić information content (AvgIpc) is 2.30. The molecule has 1 aliphatic rings. The van der Waals surface area contributed by atoms with Gasteiger partial charge in [0.15, 0.2) is 0 Å². The van der Waals surface area contributed by atoms with Crippen molar-refractivity contribution in [1.82, 2.24) is 4.90 Å². The lowest BCUT2D eigenvalue weighted by Crippen LogP contribution is -2.58. The molecule has 2 unspecified atom stereocenters. The maximum absolute atomic E-state index is 10.7. The Morgan fingerprint density at radius 3 is 2.67 bits per heavy atom. The maximum atomic E-state index is 10.7. The van der Waals surface area contributed by atoms with Gasteiger partial charge < -0.3 is 15.7 Å². The smallest absolute Gasteiger partial charge is 0.0836 e. The zero-order chi connectivity index (χ0) is 11.5. The number of hydrogen-bond donors (Lipinski definition) is 2. The van der Waals surface area contributed by atoms with Gasteiger partial charge in [0.2, 0.25) is 0 Å². The zero-order valence-corrected chi connectivity index (χ0v) is 10.4. The number of rotatable bonds is 3. The van der Waals surface area contributed by atoms with Gasteiger partial charge in [0.1, 0.15) is 0 Å². The first kappa shape index (κ1) is 12.9. The Kier molecular flexibility index (Phi) is 4.15. The molecule has 0 aromatic heterocycles. The Labute approximate surface area is 93.6 Å². The van der Waals surface area contributed by atoms with Crippen molar-refractivity contribution in [3.8, 4) is 0 Å². The molecule has 0 aliphatic carbocycles. The van der Waals surface area contributed by atoms with E-state index in [9.17, 15) is 5.11 Å². The lowest BCUT2D eigenvalue weighted by molar-refractivity contribution is -0.0440. The van der Waals surface area contributed by atoms with Gasteiger partial charge in [-0.15, -0.1) is 0 Å². The van der Waals surface area contributed by atoms with Crippen LogP contribution in [0, 0.1) is 0 Å². The van der Waals surface area contributed by atoms with Crippen molar-refractivity contribution in [1.29, 1.82) is 0 Å². The second-order valence-corrected chi connectivity index (χ2v) is 5.36. The number of likely N-dealkylation sites (tertiary alicyclic amines) is 1. The Morgan fingerprint density at radius 1 is 1.40 bits per heavy atom. The average molecular weight is 214 g/mol. The minimum Gasteiger partial charge on any atom is -0.388 e. The second-order valence-electron chi connectivity index (χ2n) is 5.36. The van der Waals surface area contributed by atoms with Crippen LogP contribution in [0.5, 0.6) is 0 Å². The van der Waals surface area contributed by atoms with Gasteiger partial charge in [0.05, 0.1) is 5.60 Å². The SMILES string of the molecule is CCCC(C)(N)C1(O)CCCN(C)CC1. The van der Waals surface area contributed by atoms with Crippen LogP contribution in [0.4, 0.5) is 0 Å². The number of aliphatic hydroxyl groups is 1. The van der Waals surface area contributed by atoms with Crippen molar-refractivity contribution in [3.05, 3.63) is 0 Å². The molecule has 0 spiro atoms. The van der Waals surface area contributed by atoms with Gasteiger partial charge in [-0.3, -0.25) is 0 Å². The largest absolute Gasteiger partial charge is 0.388 e. The summed E-state index contributed by atoms with van der Waals surface area (Å²) >= 11 is 0. The van der Waals surface area contributed by atoms with E-state index in [-0.39, 0.29) is 0 Å². The number of nitrogens with two attached hydrogens (primary N) is 1. The standard InChI is InChI=1S/C12H26N2O/c1-4-6-11(2,13)12(15)7-5-9-14(3)10-8-12/h15H,4-10,13H2,1-3H3. The van der Waals surface area contributed by atoms with E-state index in [1.54, 1.807) is 0 Å². The fraction of sp³-hybridized carbons (Fsp3) is 1.00. The van der Waals surface area contributed by atoms with E-state index in [0.717, 1.165) is 45.2 Å². The van der Waals surface area contributed by atoms with Crippen LogP contribution in [0.25, 0.3) is 0 Å². The lowest BCUT2D eigenvalue weighted by Gasteiger charge is -2.42. The van der Waals surface area contributed by atoms with Gasteiger partial charge in [0.25, 0.3) is 0 Å². The highest BCUT2D eigenvalue weighted by Crippen LogP contribution is 2.33. The van der Waals surface area contributed by atoms with E-state index in [1.165, 1.54) is 0 Å². The summed E-state index contributed by atoms with van der Waals surface area (Å²) in [6.45, 7) is 6.15. The van der Waals surface area contributed by atoms with E-state index in [2.05, 4.69) is 18.9 Å². The molecule has 3 heteroatoms. The topological polar surface area (TPSA) is 49.5 Å². The Balaban J connectivity index is 2.71. The molecule has 90 valence electrons. The van der Waals surface area contributed by atoms with Crippen LogP contribution >= 0.6 is 0 Å². The molecule has 0 aromatic rings. The molecule has 15 heavy (non-hydrogen) atoms. The molecular weight excluding hydrogens is 188 g/mol. The van der Waals surface area contributed by atoms with Crippen LogP contribution < -0.4 is 5.73 Å². The Hall–Kier alpha value is -0.120.